The summed E-state index contributed by atoms with van der Waals surface area (Å²) in [5.74, 6) is 0.269. The minimum Gasteiger partial charge on any atom is -0.383 e. The predicted molar refractivity (Wildman–Crippen MR) is 87.9 cm³/mol. The molecule has 8 heteroatoms. The summed E-state index contributed by atoms with van der Waals surface area (Å²) in [5.41, 5.74) is 2.42. The summed E-state index contributed by atoms with van der Waals surface area (Å²) in [6.45, 7) is 5.65. The highest BCUT2D eigenvalue weighted by Gasteiger charge is 2.50. The molecular formula is C16H22N6O2. The number of hydrogen-bond donors (Lipinski definition) is 0. The first kappa shape index (κ1) is 15.3. The fourth-order valence-electron chi connectivity index (χ4n) is 3.93. The number of amides is 1. The minimum atomic E-state index is -0.262. The third kappa shape index (κ3) is 2.32. The molecule has 4 rings (SSSR count). The van der Waals surface area contributed by atoms with Crippen molar-refractivity contribution < 1.29 is 9.53 Å². The van der Waals surface area contributed by atoms with Gasteiger partial charge in [-0.15, -0.1) is 10.2 Å². The van der Waals surface area contributed by atoms with Crippen LogP contribution in [0.1, 0.15) is 18.5 Å². The van der Waals surface area contributed by atoms with Gasteiger partial charge in [-0.05, 0) is 25.8 Å². The van der Waals surface area contributed by atoms with Crippen molar-refractivity contribution in [1.82, 2.24) is 24.7 Å². The number of ether oxygens (including phenoxy) is 1. The van der Waals surface area contributed by atoms with Crippen LogP contribution in [0.15, 0.2) is 12.4 Å². The fourth-order valence-corrected chi connectivity index (χ4v) is 3.93. The van der Waals surface area contributed by atoms with Crippen LogP contribution in [-0.4, -0.2) is 70.5 Å². The zero-order chi connectivity index (χ0) is 16.7. The Labute approximate surface area is 140 Å². The molecule has 128 valence electrons. The molecule has 1 spiro atoms. The SMILES string of the molecule is COCCN1CCC2(CCN(c3cc(C)nn4cnnc34)C2)C1=O. The number of anilines is 1. The van der Waals surface area contributed by atoms with Gasteiger partial charge in [-0.25, -0.2) is 0 Å². The smallest absolute Gasteiger partial charge is 0.230 e. The molecule has 2 aromatic rings. The Balaban J connectivity index is 1.58. The van der Waals surface area contributed by atoms with Crippen LogP contribution in [0.5, 0.6) is 0 Å². The molecule has 1 atom stereocenters. The van der Waals surface area contributed by atoms with Crippen LogP contribution >= 0.6 is 0 Å². The molecule has 2 aromatic heterocycles. The number of aryl methyl sites for hydroxylation is 1. The number of likely N-dealkylation sites (tertiary alicyclic amines) is 1. The second-order valence-corrected chi connectivity index (χ2v) is 6.76. The number of methoxy groups -OCH3 is 1. The van der Waals surface area contributed by atoms with E-state index in [1.807, 2.05) is 17.9 Å². The van der Waals surface area contributed by atoms with Crippen molar-refractivity contribution in [2.45, 2.75) is 19.8 Å². The molecule has 1 unspecified atom stereocenters. The number of rotatable bonds is 4. The van der Waals surface area contributed by atoms with Gasteiger partial charge in [0.15, 0.2) is 0 Å². The number of carbonyl (C=O) groups excluding carboxylic acids is 1. The quantitative estimate of drug-likeness (QED) is 0.813. The standard InChI is InChI=1S/C16H22N6O2/c1-12-9-13(14-18-17-11-22(14)19-12)21-6-4-16(10-21)3-5-20(15(16)23)7-8-24-2/h9,11H,3-8,10H2,1-2H3. The molecule has 0 aliphatic carbocycles. The Hall–Kier alpha value is -2.22. The van der Waals surface area contributed by atoms with E-state index in [-0.39, 0.29) is 11.3 Å². The molecule has 2 aliphatic rings. The zero-order valence-corrected chi connectivity index (χ0v) is 14.1. The molecule has 0 bridgehead atoms. The first-order valence-electron chi connectivity index (χ1n) is 8.34. The number of fused-ring (bicyclic) bond motifs is 1. The van der Waals surface area contributed by atoms with Crippen LogP contribution in [-0.2, 0) is 9.53 Å². The highest BCUT2D eigenvalue weighted by Crippen LogP contribution is 2.42. The normalized spacial score (nSPS) is 24.0. The van der Waals surface area contributed by atoms with Crippen LogP contribution in [0.3, 0.4) is 0 Å². The van der Waals surface area contributed by atoms with Gasteiger partial charge in [-0.2, -0.15) is 9.61 Å². The number of carbonyl (C=O) groups is 1. The first-order valence-corrected chi connectivity index (χ1v) is 8.34. The van der Waals surface area contributed by atoms with Gasteiger partial charge in [0.25, 0.3) is 0 Å². The van der Waals surface area contributed by atoms with E-state index < -0.39 is 0 Å². The Bertz CT molecular complexity index is 775. The molecule has 0 radical (unpaired) electrons. The van der Waals surface area contributed by atoms with E-state index in [4.69, 9.17) is 4.74 Å². The molecule has 0 N–H and O–H groups in total. The van der Waals surface area contributed by atoms with E-state index in [0.717, 1.165) is 49.5 Å². The summed E-state index contributed by atoms with van der Waals surface area (Å²) in [6.07, 6.45) is 3.42. The van der Waals surface area contributed by atoms with Crippen LogP contribution < -0.4 is 4.90 Å². The predicted octanol–water partition coefficient (Wildman–Crippen LogP) is 0.508. The molecule has 2 aliphatic heterocycles. The largest absolute Gasteiger partial charge is 0.383 e. The summed E-state index contributed by atoms with van der Waals surface area (Å²) < 4.78 is 6.82. The maximum absolute atomic E-state index is 12.9. The van der Waals surface area contributed by atoms with E-state index in [9.17, 15) is 4.79 Å². The van der Waals surface area contributed by atoms with Gasteiger partial charge in [0, 0.05) is 33.3 Å². The second kappa shape index (κ2) is 5.70. The van der Waals surface area contributed by atoms with Crippen molar-refractivity contribution in [3.63, 3.8) is 0 Å². The highest BCUT2D eigenvalue weighted by molar-refractivity contribution is 5.87. The Kier molecular flexibility index (Phi) is 3.64. The average molecular weight is 330 g/mol. The van der Waals surface area contributed by atoms with Crippen molar-refractivity contribution in [2.75, 3.05) is 44.8 Å². The molecule has 1 amide bonds. The summed E-state index contributed by atoms with van der Waals surface area (Å²) in [7, 11) is 1.67. The van der Waals surface area contributed by atoms with Crippen molar-refractivity contribution >= 4 is 17.2 Å². The average Bonchev–Trinajstić information content (AvgIpc) is 3.27. The maximum Gasteiger partial charge on any atom is 0.230 e. The van der Waals surface area contributed by atoms with E-state index in [1.165, 1.54) is 0 Å². The number of hydrogen-bond acceptors (Lipinski definition) is 6. The van der Waals surface area contributed by atoms with Crippen molar-refractivity contribution in [1.29, 1.82) is 0 Å². The van der Waals surface area contributed by atoms with Crippen molar-refractivity contribution in [3.05, 3.63) is 18.1 Å². The molecule has 2 saturated heterocycles. The van der Waals surface area contributed by atoms with Crippen LogP contribution in [0.4, 0.5) is 5.69 Å². The van der Waals surface area contributed by atoms with E-state index >= 15 is 0 Å². The minimum absolute atomic E-state index is 0.262. The van der Waals surface area contributed by atoms with Crippen LogP contribution in [0.25, 0.3) is 5.65 Å². The Morgan fingerprint density at radius 3 is 3.00 bits per heavy atom. The Morgan fingerprint density at radius 2 is 2.17 bits per heavy atom. The van der Waals surface area contributed by atoms with Gasteiger partial charge >= 0.3 is 0 Å². The van der Waals surface area contributed by atoms with Crippen molar-refractivity contribution in [3.8, 4) is 0 Å². The molecule has 0 saturated carbocycles. The highest BCUT2D eigenvalue weighted by atomic mass is 16.5. The topological polar surface area (TPSA) is 75.9 Å². The molecule has 0 aromatic carbocycles. The first-order chi connectivity index (χ1) is 11.6. The summed E-state index contributed by atoms with van der Waals surface area (Å²) in [6, 6.07) is 2.03. The van der Waals surface area contributed by atoms with Gasteiger partial charge < -0.3 is 14.5 Å². The number of aromatic nitrogens is 4. The van der Waals surface area contributed by atoms with Gasteiger partial charge in [0.1, 0.15) is 6.33 Å². The molecule has 8 nitrogen and oxygen atoms in total. The van der Waals surface area contributed by atoms with Gasteiger partial charge in [-0.1, -0.05) is 0 Å². The van der Waals surface area contributed by atoms with E-state index in [2.05, 4.69) is 20.2 Å². The maximum atomic E-state index is 12.9. The summed E-state index contributed by atoms with van der Waals surface area (Å²) in [4.78, 5) is 17.1. The second-order valence-electron chi connectivity index (χ2n) is 6.76. The van der Waals surface area contributed by atoms with E-state index in [1.54, 1.807) is 18.0 Å². The lowest BCUT2D eigenvalue weighted by Crippen LogP contribution is -2.38. The monoisotopic (exact) mass is 330 g/mol. The number of nitrogens with zero attached hydrogens (tertiary/aromatic N) is 6. The summed E-state index contributed by atoms with van der Waals surface area (Å²) in [5, 5.41) is 12.5. The lowest BCUT2D eigenvalue weighted by molar-refractivity contribution is -0.135. The third-order valence-electron chi connectivity index (χ3n) is 5.23. The van der Waals surface area contributed by atoms with Gasteiger partial charge in [-0.3, -0.25) is 4.79 Å². The van der Waals surface area contributed by atoms with Gasteiger partial charge in [0.2, 0.25) is 11.6 Å². The lowest BCUT2D eigenvalue weighted by atomic mass is 9.85. The van der Waals surface area contributed by atoms with Crippen LogP contribution in [0.2, 0.25) is 0 Å². The third-order valence-corrected chi connectivity index (χ3v) is 5.23. The molecular weight excluding hydrogens is 308 g/mol. The molecule has 2 fully saturated rings. The lowest BCUT2D eigenvalue weighted by Gasteiger charge is -2.24. The zero-order valence-electron chi connectivity index (χ0n) is 14.1. The fraction of sp³-hybridized carbons (Fsp3) is 0.625. The molecule has 4 heterocycles. The van der Waals surface area contributed by atoms with Crippen LogP contribution in [0, 0.1) is 12.3 Å². The molecule has 24 heavy (non-hydrogen) atoms. The Morgan fingerprint density at radius 1 is 1.33 bits per heavy atom. The summed E-state index contributed by atoms with van der Waals surface area (Å²) >= 11 is 0. The van der Waals surface area contributed by atoms with Crippen molar-refractivity contribution in [2.24, 2.45) is 5.41 Å². The van der Waals surface area contributed by atoms with E-state index in [0.29, 0.717) is 13.2 Å². The van der Waals surface area contributed by atoms with Gasteiger partial charge in [0.05, 0.1) is 23.4 Å².